The number of aromatic nitrogens is 1. The van der Waals surface area contributed by atoms with E-state index in [1.807, 2.05) is 44.2 Å². The predicted octanol–water partition coefficient (Wildman–Crippen LogP) is 2.53. The molecule has 0 unspecified atom stereocenters. The Morgan fingerprint density at radius 2 is 2.07 bits per heavy atom. The first-order chi connectivity index (χ1) is 13.4. The van der Waals surface area contributed by atoms with Crippen LogP contribution in [0.15, 0.2) is 36.5 Å². The van der Waals surface area contributed by atoms with Crippen LogP contribution in [0.1, 0.15) is 26.7 Å². The third-order valence-corrected chi connectivity index (χ3v) is 5.10. The van der Waals surface area contributed by atoms with Crippen LogP contribution in [0.5, 0.6) is 0 Å². The number of benzene rings is 1. The van der Waals surface area contributed by atoms with E-state index in [1.54, 1.807) is 11.1 Å². The molecule has 0 aliphatic carbocycles. The number of rotatable bonds is 6. The summed E-state index contributed by atoms with van der Waals surface area (Å²) in [7, 11) is 0. The van der Waals surface area contributed by atoms with Crippen molar-refractivity contribution in [2.75, 3.05) is 18.4 Å². The van der Waals surface area contributed by atoms with Gasteiger partial charge in [0.05, 0.1) is 24.2 Å². The van der Waals surface area contributed by atoms with Gasteiger partial charge in [0.15, 0.2) is 0 Å². The Kier molecular flexibility index (Phi) is 5.82. The van der Waals surface area contributed by atoms with Gasteiger partial charge in [-0.1, -0.05) is 24.1 Å². The van der Waals surface area contributed by atoms with Gasteiger partial charge in [-0.25, -0.2) is 0 Å². The van der Waals surface area contributed by atoms with E-state index in [-0.39, 0.29) is 24.0 Å². The molecule has 2 aromatic rings. The smallest absolute Gasteiger partial charge is 0.238 e. The lowest BCUT2D eigenvalue weighted by Gasteiger charge is -2.30. The monoisotopic (exact) mass is 375 g/mol. The molecule has 1 aliphatic rings. The second-order valence-corrected chi connectivity index (χ2v) is 7.67. The van der Waals surface area contributed by atoms with Gasteiger partial charge < -0.3 is 15.5 Å². The van der Waals surface area contributed by atoms with Gasteiger partial charge in [-0.3, -0.25) is 9.78 Å². The summed E-state index contributed by atoms with van der Waals surface area (Å²) in [6, 6.07) is 11.4. The fourth-order valence-corrected chi connectivity index (χ4v) is 3.48. The molecule has 0 saturated carbocycles. The van der Waals surface area contributed by atoms with Gasteiger partial charge in [0.2, 0.25) is 5.91 Å². The molecule has 0 spiro atoms. The molecular formula is C22H25N5O. The number of para-hydroxylation sites is 1. The Morgan fingerprint density at radius 3 is 2.82 bits per heavy atom. The molecule has 1 aliphatic heterocycles. The molecule has 0 radical (unpaired) electrons. The third kappa shape index (κ3) is 4.24. The molecule has 2 heterocycles. The lowest BCUT2D eigenvalue weighted by molar-refractivity contribution is -0.131. The van der Waals surface area contributed by atoms with Gasteiger partial charge >= 0.3 is 0 Å². The number of amides is 1. The highest BCUT2D eigenvalue weighted by Crippen LogP contribution is 2.24. The van der Waals surface area contributed by atoms with Crippen LogP contribution >= 0.6 is 0 Å². The number of fused-ring (bicyclic) bond motifs is 1. The van der Waals surface area contributed by atoms with Crippen LogP contribution in [-0.2, 0) is 4.79 Å². The van der Waals surface area contributed by atoms with Crippen molar-refractivity contribution in [1.82, 2.24) is 15.2 Å². The molecule has 3 rings (SSSR count). The number of hydrogen-bond acceptors (Lipinski definition) is 5. The lowest BCUT2D eigenvalue weighted by Crippen LogP contribution is -2.52. The number of terminal acetylenes is 1. The van der Waals surface area contributed by atoms with Crippen molar-refractivity contribution in [2.24, 2.45) is 0 Å². The minimum Gasteiger partial charge on any atom is -0.383 e. The molecule has 1 amide bonds. The average Bonchev–Trinajstić information content (AvgIpc) is 3.14. The number of nitriles is 1. The van der Waals surface area contributed by atoms with Crippen molar-refractivity contribution >= 4 is 22.5 Å². The van der Waals surface area contributed by atoms with E-state index in [0.29, 0.717) is 19.4 Å². The second-order valence-electron chi connectivity index (χ2n) is 7.67. The van der Waals surface area contributed by atoms with Crippen molar-refractivity contribution < 1.29 is 4.79 Å². The highest BCUT2D eigenvalue weighted by Gasteiger charge is 2.36. The van der Waals surface area contributed by atoms with Gasteiger partial charge in [0.1, 0.15) is 6.04 Å². The summed E-state index contributed by atoms with van der Waals surface area (Å²) in [4.78, 5) is 18.6. The van der Waals surface area contributed by atoms with Crippen molar-refractivity contribution in [3.05, 3.63) is 36.5 Å². The maximum Gasteiger partial charge on any atom is 0.238 e. The van der Waals surface area contributed by atoms with Gasteiger partial charge in [-0.15, -0.1) is 6.42 Å². The molecule has 1 aromatic heterocycles. The number of likely N-dealkylation sites (tertiary alicyclic amines) is 1. The van der Waals surface area contributed by atoms with E-state index in [1.165, 1.54) is 0 Å². The highest BCUT2D eigenvalue weighted by molar-refractivity contribution is 5.90. The van der Waals surface area contributed by atoms with Gasteiger partial charge in [0, 0.05) is 29.4 Å². The number of anilines is 1. The third-order valence-electron chi connectivity index (χ3n) is 5.10. The molecule has 2 N–H and O–H groups in total. The first-order valence-electron chi connectivity index (χ1n) is 9.45. The van der Waals surface area contributed by atoms with Crippen LogP contribution in [0, 0.1) is 23.7 Å². The first-order valence-corrected chi connectivity index (χ1v) is 9.45. The predicted molar refractivity (Wildman–Crippen MR) is 110 cm³/mol. The molecule has 144 valence electrons. The summed E-state index contributed by atoms with van der Waals surface area (Å²) < 4.78 is 0. The zero-order valence-electron chi connectivity index (χ0n) is 16.3. The van der Waals surface area contributed by atoms with E-state index in [9.17, 15) is 10.1 Å². The Bertz CT molecular complexity index is 913. The number of carbonyl (C=O) groups excluding carboxylic acids is 1. The number of hydrogen-bond donors (Lipinski definition) is 2. The van der Waals surface area contributed by atoms with E-state index in [2.05, 4.69) is 27.6 Å². The molecule has 1 saturated heterocycles. The molecule has 28 heavy (non-hydrogen) atoms. The summed E-state index contributed by atoms with van der Waals surface area (Å²) in [5.74, 6) is 2.50. The highest BCUT2D eigenvalue weighted by atomic mass is 16.2. The number of nitrogens with one attached hydrogen (secondary N) is 2. The zero-order chi connectivity index (χ0) is 20.1. The number of carbonyl (C=O) groups is 1. The topological polar surface area (TPSA) is 81.0 Å². The fraction of sp³-hybridized carbons (Fsp3) is 0.409. The molecule has 2 atom stereocenters. The van der Waals surface area contributed by atoms with E-state index < -0.39 is 6.04 Å². The van der Waals surface area contributed by atoms with Crippen molar-refractivity contribution in [3.8, 4) is 18.4 Å². The van der Waals surface area contributed by atoms with Crippen molar-refractivity contribution in [2.45, 2.75) is 44.3 Å². The van der Waals surface area contributed by atoms with E-state index in [4.69, 9.17) is 6.42 Å². The van der Waals surface area contributed by atoms with Crippen LogP contribution in [0.2, 0.25) is 0 Å². The second kappa shape index (κ2) is 8.29. The standard InChI is InChI=1S/C22H25N5O/c1-4-16-9-10-17(13-23)27(16)21(28)14-26-22(2,3)15-25-20-11-12-24-19-8-6-5-7-18(19)20/h1,5-8,11-12,16-17,26H,9-10,14-15H2,2-3H3,(H,24,25)/t16-,17-/m0/s1. The molecule has 1 aromatic carbocycles. The fourth-order valence-electron chi connectivity index (χ4n) is 3.48. The normalized spacial score (nSPS) is 19.2. The molecule has 1 fully saturated rings. The summed E-state index contributed by atoms with van der Waals surface area (Å²) >= 11 is 0. The van der Waals surface area contributed by atoms with Crippen molar-refractivity contribution in [1.29, 1.82) is 5.26 Å². The van der Waals surface area contributed by atoms with Gasteiger partial charge in [-0.2, -0.15) is 5.26 Å². The Morgan fingerprint density at radius 1 is 1.32 bits per heavy atom. The Hall–Kier alpha value is -3.09. The quantitative estimate of drug-likeness (QED) is 0.759. The van der Waals surface area contributed by atoms with Crippen LogP contribution in [0.4, 0.5) is 5.69 Å². The van der Waals surface area contributed by atoms with E-state index >= 15 is 0 Å². The van der Waals surface area contributed by atoms with E-state index in [0.717, 1.165) is 16.6 Å². The number of nitrogens with zero attached hydrogens (tertiary/aromatic N) is 3. The summed E-state index contributed by atoms with van der Waals surface area (Å²) in [5.41, 5.74) is 1.60. The largest absolute Gasteiger partial charge is 0.383 e. The Labute approximate surface area is 165 Å². The molecular weight excluding hydrogens is 350 g/mol. The first kappa shape index (κ1) is 19.7. The van der Waals surface area contributed by atoms with Crippen LogP contribution in [0.3, 0.4) is 0 Å². The van der Waals surface area contributed by atoms with Crippen molar-refractivity contribution in [3.63, 3.8) is 0 Å². The maximum absolute atomic E-state index is 12.7. The van der Waals surface area contributed by atoms with Crippen LogP contribution in [0.25, 0.3) is 10.9 Å². The number of pyridine rings is 1. The molecule has 6 nitrogen and oxygen atoms in total. The average molecular weight is 375 g/mol. The van der Waals surface area contributed by atoms with Crippen LogP contribution in [-0.4, -0.2) is 46.5 Å². The SMILES string of the molecule is C#C[C@H]1CC[C@@H](C#N)N1C(=O)CNC(C)(C)CNc1ccnc2ccccc12. The summed E-state index contributed by atoms with van der Waals surface area (Å²) in [6.45, 7) is 4.82. The van der Waals surface area contributed by atoms with Crippen LogP contribution < -0.4 is 10.6 Å². The summed E-state index contributed by atoms with van der Waals surface area (Å²) in [6.07, 6.45) is 8.63. The van der Waals surface area contributed by atoms with Gasteiger partial charge in [-0.05, 0) is 38.8 Å². The molecule has 0 bridgehead atoms. The van der Waals surface area contributed by atoms with Gasteiger partial charge in [0.25, 0.3) is 0 Å². The Balaban J connectivity index is 1.60. The minimum atomic E-state index is -0.431. The summed E-state index contributed by atoms with van der Waals surface area (Å²) in [5, 5.41) is 17.1. The lowest BCUT2D eigenvalue weighted by atomic mass is 10.0. The minimum absolute atomic E-state index is 0.130. The molecule has 6 heteroatoms. The zero-order valence-corrected chi connectivity index (χ0v) is 16.3. The maximum atomic E-state index is 12.7.